The highest BCUT2D eigenvalue weighted by Gasteiger charge is 2.16. The van der Waals surface area contributed by atoms with Gasteiger partial charge in [0, 0.05) is 18.1 Å². The highest BCUT2D eigenvalue weighted by atomic mass is 32.2. The van der Waals surface area contributed by atoms with Crippen LogP contribution in [0.4, 0.5) is 11.5 Å². The summed E-state index contributed by atoms with van der Waals surface area (Å²) < 4.78 is 0. The van der Waals surface area contributed by atoms with Crippen molar-refractivity contribution in [2.45, 2.75) is 17.2 Å². The summed E-state index contributed by atoms with van der Waals surface area (Å²) >= 11 is 1.29. The van der Waals surface area contributed by atoms with Crippen LogP contribution in [-0.4, -0.2) is 21.1 Å². The molecule has 1 aromatic heterocycles. The van der Waals surface area contributed by atoms with E-state index in [0.29, 0.717) is 10.8 Å². The summed E-state index contributed by atoms with van der Waals surface area (Å²) in [6.45, 7) is 1.80. The normalized spacial score (nSPS) is 11.8. The van der Waals surface area contributed by atoms with Gasteiger partial charge in [-0.25, -0.2) is 9.97 Å². The second kappa shape index (κ2) is 6.19. The van der Waals surface area contributed by atoms with Crippen molar-refractivity contribution in [3.8, 4) is 0 Å². The third-order valence-electron chi connectivity index (χ3n) is 2.39. The van der Waals surface area contributed by atoms with Crippen LogP contribution in [0.5, 0.6) is 0 Å². The Hall–Kier alpha value is -2.08. The second-order valence-corrected chi connectivity index (χ2v) is 5.19. The molecule has 1 heterocycles. The fraction of sp³-hybridized carbons (Fsp3) is 0.154. The van der Waals surface area contributed by atoms with Gasteiger partial charge in [0.25, 0.3) is 0 Å². The molecule has 19 heavy (non-hydrogen) atoms. The molecule has 0 aliphatic heterocycles. The Morgan fingerprint density at radius 3 is 2.63 bits per heavy atom. The van der Waals surface area contributed by atoms with Gasteiger partial charge in [0.05, 0.1) is 5.25 Å². The first-order valence-electron chi connectivity index (χ1n) is 5.76. The zero-order valence-electron chi connectivity index (χ0n) is 10.4. The van der Waals surface area contributed by atoms with E-state index in [4.69, 9.17) is 5.73 Å². The van der Waals surface area contributed by atoms with E-state index in [0.717, 1.165) is 5.69 Å². The number of carbonyl (C=O) groups excluding carboxylic acids is 1. The van der Waals surface area contributed by atoms with E-state index in [1.54, 1.807) is 13.1 Å². The third-order valence-corrected chi connectivity index (χ3v) is 3.50. The maximum absolute atomic E-state index is 12.0. The van der Waals surface area contributed by atoms with E-state index in [2.05, 4.69) is 15.3 Å². The number of rotatable bonds is 4. The molecule has 1 atom stereocenters. The van der Waals surface area contributed by atoms with Crippen LogP contribution in [0.15, 0.2) is 47.8 Å². The molecule has 1 unspecified atom stereocenters. The molecule has 6 heteroatoms. The number of aromatic nitrogens is 2. The smallest absolute Gasteiger partial charge is 0.237 e. The minimum Gasteiger partial charge on any atom is -0.381 e. The Morgan fingerprint density at radius 2 is 1.95 bits per heavy atom. The van der Waals surface area contributed by atoms with Crippen molar-refractivity contribution >= 4 is 29.2 Å². The average Bonchev–Trinajstić information content (AvgIpc) is 2.42. The lowest BCUT2D eigenvalue weighted by molar-refractivity contribution is -0.115. The van der Waals surface area contributed by atoms with Gasteiger partial charge in [0.15, 0.2) is 5.82 Å². The van der Waals surface area contributed by atoms with Crippen molar-refractivity contribution in [3.63, 3.8) is 0 Å². The monoisotopic (exact) mass is 274 g/mol. The molecule has 2 aromatic rings. The summed E-state index contributed by atoms with van der Waals surface area (Å²) in [6.07, 6.45) is 3.08. The number of carbonyl (C=O) groups is 1. The first-order valence-corrected chi connectivity index (χ1v) is 6.64. The van der Waals surface area contributed by atoms with Gasteiger partial charge in [-0.1, -0.05) is 30.0 Å². The van der Waals surface area contributed by atoms with E-state index >= 15 is 0 Å². The predicted molar refractivity (Wildman–Crippen MR) is 76.8 cm³/mol. The molecule has 1 aromatic carbocycles. The van der Waals surface area contributed by atoms with Crippen LogP contribution >= 0.6 is 11.8 Å². The molecular formula is C13H14N4OS. The van der Waals surface area contributed by atoms with Crippen molar-refractivity contribution in [1.29, 1.82) is 0 Å². The number of hydrogen-bond acceptors (Lipinski definition) is 5. The lowest BCUT2D eigenvalue weighted by Crippen LogP contribution is -2.22. The second-order valence-electron chi connectivity index (χ2n) is 3.86. The number of benzene rings is 1. The number of nitrogens with one attached hydrogen (secondary N) is 1. The molecule has 98 valence electrons. The number of anilines is 2. The Kier molecular flexibility index (Phi) is 4.35. The third kappa shape index (κ3) is 3.69. The average molecular weight is 274 g/mol. The summed E-state index contributed by atoms with van der Waals surface area (Å²) in [6, 6.07) is 9.31. The maximum Gasteiger partial charge on any atom is 0.237 e. The number of amides is 1. The van der Waals surface area contributed by atoms with Gasteiger partial charge < -0.3 is 11.1 Å². The molecule has 0 spiro atoms. The quantitative estimate of drug-likeness (QED) is 0.835. The molecular weight excluding hydrogens is 260 g/mol. The number of para-hydroxylation sites is 1. The molecule has 1 amide bonds. The van der Waals surface area contributed by atoms with E-state index in [9.17, 15) is 4.79 Å². The summed E-state index contributed by atoms with van der Waals surface area (Å²) in [7, 11) is 0. The zero-order chi connectivity index (χ0) is 13.7. The number of nitrogen functional groups attached to an aromatic ring is 1. The maximum atomic E-state index is 12.0. The highest BCUT2D eigenvalue weighted by Crippen LogP contribution is 2.25. The Balaban J connectivity index is 1.98. The fourth-order valence-electron chi connectivity index (χ4n) is 1.41. The van der Waals surface area contributed by atoms with E-state index in [1.165, 1.54) is 18.0 Å². The van der Waals surface area contributed by atoms with Crippen molar-refractivity contribution < 1.29 is 4.79 Å². The summed E-state index contributed by atoms with van der Waals surface area (Å²) in [4.78, 5) is 20.0. The topological polar surface area (TPSA) is 80.9 Å². The van der Waals surface area contributed by atoms with Gasteiger partial charge in [0.2, 0.25) is 5.91 Å². The number of nitrogens with two attached hydrogens (primary N) is 1. The van der Waals surface area contributed by atoms with Gasteiger partial charge in [-0.15, -0.1) is 0 Å². The summed E-state index contributed by atoms with van der Waals surface area (Å²) in [5, 5.41) is 3.09. The van der Waals surface area contributed by atoms with Crippen LogP contribution in [0.3, 0.4) is 0 Å². The minimum atomic E-state index is -0.306. The molecule has 0 radical (unpaired) electrons. The largest absolute Gasteiger partial charge is 0.381 e. The van der Waals surface area contributed by atoms with Crippen LogP contribution in [0.25, 0.3) is 0 Å². The van der Waals surface area contributed by atoms with Crippen LogP contribution in [0.2, 0.25) is 0 Å². The Labute approximate surface area is 115 Å². The predicted octanol–water partition coefficient (Wildman–Crippen LogP) is 2.18. The molecule has 5 nitrogen and oxygen atoms in total. The standard InChI is InChI=1S/C13H14N4OS/c1-9(19-13-11(14)15-7-8-16-13)12(18)17-10-5-3-2-4-6-10/h2-9H,1H3,(H2,14,15)(H,17,18). The van der Waals surface area contributed by atoms with Gasteiger partial charge in [-0.2, -0.15) is 0 Å². The molecule has 0 saturated heterocycles. The van der Waals surface area contributed by atoms with Crippen molar-refractivity contribution in [3.05, 3.63) is 42.7 Å². The Bertz CT molecular complexity index is 562. The van der Waals surface area contributed by atoms with Crippen LogP contribution < -0.4 is 11.1 Å². The van der Waals surface area contributed by atoms with Gasteiger partial charge in [0.1, 0.15) is 5.03 Å². The zero-order valence-corrected chi connectivity index (χ0v) is 11.2. The van der Waals surface area contributed by atoms with Crippen LogP contribution in [-0.2, 0) is 4.79 Å². The first kappa shape index (κ1) is 13.4. The van der Waals surface area contributed by atoms with Crippen molar-refractivity contribution in [1.82, 2.24) is 9.97 Å². The van der Waals surface area contributed by atoms with E-state index in [1.807, 2.05) is 30.3 Å². The molecule has 0 saturated carbocycles. The highest BCUT2D eigenvalue weighted by molar-refractivity contribution is 8.00. The Morgan fingerprint density at radius 1 is 1.26 bits per heavy atom. The number of thioether (sulfide) groups is 1. The SMILES string of the molecule is CC(Sc1nccnc1N)C(=O)Nc1ccccc1. The molecule has 0 aliphatic carbocycles. The van der Waals surface area contributed by atoms with Gasteiger partial charge in [-0.05, 0) is 19.1 Å². The summed E-state index contributed by atoms with van der Waals surface area (Å²) in [5.41, 5.74) is 6.47. The van der Waals surface area contributed by atoms with Crippen molar-refractivity contribution in [2.24, 2.45) is 0 Å². The van der Waals surface area contributed by atoms with Crippen molar-refractivity contribution in [2.75, 3.05) is 11.1 Å². The fourth-order valence-corrected chi connectivity index (χ4v) is 2.21. The van der Waals surface area contributed by atoms with Crippen LogP contribution in [0, 0.1) is 0 Å². The first-order chi connectivity index (χ1) is 9.16. The molecule has 0 aliphatic rings. The molecule has 2 rings (SSSR count). The van der Waals surface area contributed by atoms with Crippen LogP contribution in [0.1, 0.15) is 6.92 Å². The molecule has 0 fully saturated rings. The summed E-state index contributed by atoms with van der Waals surface area (Å²) in [5.74, 6) is 0.244. The molecule has 0 bridgehead atoms. The van der Waals surface area contributed by atoms with Gasteiger partial charge in [-0.3, -0.25) is 4.79 Å². The minimum absolute atomic E-state index is 0.0961. The lowest BCUT2D eigenvalue weighted by atomic mass is 10.3. The number of nitrogens with zero attached hydrogens (tertiary/aromatic N) is 2. The molecule has 3 N–H and O–H groups in total. The van der Waals surface area contributed by atoms with Gasteiger partial charge >= 0.3 is 0 Å². The lowest BCUT2D eigenvalue weighted by Gasteiger charge is -2.11. The number of hydrogen-bond donors (Lipinski definition) is 2. The van der Waals surface area contributed by atoms with E-state index in [-0.39, 0.29) is 11.2 Å². The van der Waals surface area contributed by atoms with E-state index < -0.39 is 0 Å².